The molecule has 2 unspecified atom stereocenters. The van der Waals surface area contributed by atoms with Gasteiger partial charge in [0.2, 0.25) is 0 Å². The van der Waals surface area contributed by atoms with Gasteiger partial charge in [-0.1, -0.05) is 13.8 Å². The molecule has 0 amide bonds. The van der Waals surface area contributed by atoms with Crippen molar-refractivity contribution in [2.45, 2.75) is 57.9 Å². The molecule has 4 rings (SSSR count). The lowest BCUT2D eigenvalue weighted by molar-refractivity contribution is -0.949. The molecule has 0 aromatic carbocycles. The van der Waals surface area contributed by atoms with E-state index >= 15 is 0 Å². The van der Waals surface area contributed by atoms with Crippen molar-refractivity contribution in [2.24, 2.45) is 16.7 Å². The van der Waals surface area contributed by atoms with E-state index in [9.17, 15) is 5.11 Å². The fourth-order valence-electron chi connectivity index (χ4n) is 6.55. The molecule has 104 valence electrons. The van der Waals surface area contributed by atoms with E-state index in [1.54, 1.807) is 0 Å². The summed E-state index contributed by atoms with van der Waals surface area (Å²) in [6.45, 7) is 6.30. The van der Waals surface area contributed by atoms with Crippen molar-refractivity contribution in [3.05, 3.63) is 0 Å². The van der Waals surface area contributed by atoms with Gasteiger partial charge >= 0.3 is 0 Å². The van der Waals surface area contributed by atoms with Crippen molar-refractivity contribution in [3.63, 3.8) is 0 Å². The highest BCUT2D eigenvalue weighted by Gasteiger charge is 2.65. The van der Waals surface area contributed by atoms with Crippen molar-refractivity contribution < 1.29 is 9.59 Å². The van der Waals surface area contributed by atoms with Gasteiger partial charge < -0.3 is 9.59 Å². The molecule has 0 aromatic rings. The lowest BCUT2D eigenvalue weighted by Crippen LogP contribution is -2.71. The van der Waals surface area contributed by atoms with Gasteiger partial charge in [0.1, 0.15) is 12.1 Å². The van der Waals surface area contributed by atoms with Crippen LogP contribution in [0.25, 0.3) is 0 Å². The third kappa shape index (κ3) is 1.68. The molecule has 4 saturated carbocycles. The average molecular weight is 252 g/mol. The fraction of sp³-hybridized carbons (Fsp3) is 1.00. The molecule has 2 atom stereocenters. The highest BCUT2D eigenvalue weighted by Crippen LogP contribution is 2.68. The maximum absolute atomic E-state index is 9.42. The molecular weight excluding hydrogens is 222 g/mol. The Bertz CT molecular complexity index is 344. The number of aliphatic hydroxyl groups is 1. The summed E-state index contributed by atoms with van der Waals surface area (Å²) < 4.78 is 1.03. The second-order valence-electron chi connectivity index (χ2n) is 8.99. The Morgan fingerprint density at radius 1 is 1.00 bits per heavy atom. The number of nitrogens with zero attached hydrogens (tertiary/aromatic N) is 1. The predicted molar refractivity (Wildman–Crippen MR) is 74.2 cm³/mol. The van der Waals surface area contributed by atoms with Crippen LogP contribution in [0.4, 0.5) is 0 Å². The largest absolute Gasteiger partial charge is 0.391 e. The van der Waals surface area contributed by atoms with Crippen LogP contribution in [0.1, 0.15) is 52.4 Å². The summed E-state index contributed by atoms with van der Waals surface area (Å²) in [6.07, 6.45) is 8.55. The molecule has 4 bridgehead atoms. The third-order valence-corrected chi connectivity index (χ3v) is 6.54. The number of hydrogen-bond donors (Lipinski definition) is 1. The summed E-state index contributed by atoms with van der Waals surface area (Å²) in [4.78, 5) is 0. The first-order valence-electron chi connectivity index (χ1n) is 7.66. The normalized spacial score (nSPS) is 50.8. The third-order valence-electron chi connectivity index (χ3n) is 6.54. The van der Waals surface area contributed by atoms with E-state index in [0.717, 1.165) is 16.9 Å². The fourth-order valence-corrected chi connectivity index (χ4v) is 6.55. The van der Waals surface area contributed by atoms with E-state index in [4.69, 9.17) is 0 Å². The minimum Gasteiger partial charge on any atom is -0.391 e. The number of quaternary nitrogens is 1. The van der Waals surface area contributed by atoms with Gasteiger partial charge in [-0.05, 0) is 36.0 Å². The van der Waals surface area contributed by atoms with Gasteiger partial charge in [0.15, 0.2) is 0 Å². The zero-order valence-corrected chi connectivity index (χ0v) is 12.6. The molecule has 0 radical (unpaired) electrons. The van der Waals surface area contributed by atoms with Crippen molar-refractivity contribution in [2.75, 3.05) is 27.2 Å². The van der Waals surface area contributed by atoms with Crippen LogP contribution in [0.3, 0.4) is 0 Å². The van der Waals surface area contributed by atoms with Crippen LogP contribution in [0.5, 0.6) is 0 Å². The van der Waals surface area contributed by atoms with Crippen molar-refractivity contribution in [1.82, 2.24) is 0 Å². The zero-order valence-electron chi connectivity index (χ0n) is 12.6. The molecular formula is C16H30NO+. The Hall–Kier alpha value is -0.0800. The van der Waals surface area contributed by atoms with Gasteiger partial charge in [0.25, 0.3) is 0 Å². The molecule has 0 spiro atoms. The van der Waals surface area contributed by atoms with Crippen LogP contribution in [-0.2, 0) is 0 Å². The highest BCUT2D eigenvalue weighted by atomic mass is 16.3. The summed E-state index contributed by atoms with van der Waals surface area (Å²) in [5.41, 5.74) is 1.62. The zero-order chi connectivity index (χ0) is 13.2. The molecule has 4 fully saturated rings. The number of likely N-dealkylation sites (N-methyl/N-ethyl adjacent to an activating group) is 1. The Labute approximate surface area is 112 Å². The van der Waals surface area contributed by atoms with Gasteiger partial charge in [0, 0.05) is 19.3 Å². The Morgan fingerprint density at radius 2 is 1.56 bits per heavy atom. The van der Waals surface area contributed by atoms with Crippen LogP contribution >= 0.6 is 0 Å². The molecule has 2 heteroatoms. The number of hydrogen-bond acceptors (Lipinski definition) is 1. The molecule has 0 aromatic heterocycles. The van der Waals surface area contributed by atoms with Crippen LogP contribution in [-0.4, -0.2) is 42.4 Å². The first kappa shape index (κ1) is 12.9. The molecule has 1 N–H and O–H groups in total. The van der Waals surface area contributed by atoms with Crippen molar-refractivity contribution in [1.29, 1.82) is 0 Å². The van der Waals surface area contributed by atoms with Gasteiger partial charge in [0.05, 0.1) is 20.7 Å². The second-order valence-corrected chi connectivity index (χ2v) is 8.99. The first-order valence-corrected chi connectivity index (χ1v) is 7.66. The average Bonchev–Trinajstić information content (AvgIpc) is 2.10. The van der Waals surface area contributed by atoms with Gasteiger partial charge in [-0.3, -0.25) is 0 Å². The summed E-state index contributed by atoms with van der Waals surface area (Å²) in [7, 11) is 4.71. The van der Waals surface area contributed by atoms with Gasteiger partial charge in [-0.2, -0.15) is 0 Å². The van der Waals surface area contributed by atoms with Crippen molar-refractivity contribution >= 4 is 0 Å². The van der Waals surface area contributed by atoms with Gasteiger partial charge in [-0.25, -0.2) is 0 Å². The van der Waals surface area contributed by atoms with E-state index in [2.05, 4.69) is 27.9 Å². The quantitative estimate of drug-likeness (QED) is 0.766. The maximum atomic E-state index is 9.42. The molecule has 0 aliphatic heterocycles. The summed E-state index contributed by atoms with van der Waals surface area (Å²) in [5.74, 6) is 0.951. The Kier molecular flexibility index (Phi) is 2.53. The van der Waals surface area contributed by atoms with Crippen molar-refractivity contribution in [3.8, 4) is 0 Å². The highest BCUT2D eigenvalue weighted by molar-refractivity contribution is 5.11. The molecule has 4 aliphatic rings. The minimum atomic E-state index is 0.326. The van der Waals surface area contributed by atoms with E-state index in [1.165, 1.54) is 38.5 Å². The van der Waals surface area contributed by atoms with E-state index in [0.29, 0.717) is 23.0 Å². The first-order chi connectivity index (χ1) is 8.22. The standard InChI is InChI=1S/C16H30NO/c1-14-7-13-8-15(2,10-14)12-16(9-13,11-14)17(3,4)5-6-18/h13,18H,5-12H2,1-4H3/q+1. The van der Waals surface area contributed by atoms with Gasteiger partial charge in [-0.15, -0.1) is 0 Å². The SMILES string of the molecule is CC12CC3CC(C)(C1)CC([N+](C)(C)CCO)(C3)C2. The maximum Gasteiger partial charge on any atom is 0.102 e. The topological polar surface area (TPSA) is 20.2 Å². The second kappa shape index (κ2) is 3.52. The predicted octanol–water partition coefficient (Wildman–Crippen LogP) is 2.80. The van der Waals surface area contributed by atoms with Crippen LogP contribution in [0.2, 0.25) is 0 Å². The lowest BCUT2D eigenvalue weighted by Gasteiger charge is -2.68. The molecule has 18 heavy (non-hydrogen) atoms. The molecule has 0 saturated heterocycles. The Morgan fingerprint density at radius 3 is 2.00 bits per heavy atom. The summed E-state index contributed by atoms with van der Waals surface area (Å²) in [6, 6.07) is 0. The molecule has 0 heterocycles. The molecule has 2 nitrogen and oxygen atoms in total. The lowest BCUT2D eigenvalue weighted by atomic mass is 9.42. The summed E-state index contributed by atoms with van der Waals surface area (Å²) in [5, 5.41) is 9.42. The number of aliphatic hydroxyl groups excluding tert-OH is 1. The number of rotatable bonds is 3. The summed E-state index contributed by atoms with van der Waals surface area (Å²) >= 11 is 0. The molecule has 4 aliphatic carbocycles. The van der Waals surface area contributed by atoms with Crippen LogP contribution in [0.15, 0.2) is 0 Å². The monoisotopic (exact) mass is 252 g/mol. The van der Waals surface area contributed by atoms with E-state index in [-0.39, 0.29) is 0 Å². The van der Waals surface area contributed by atoms with Crippen LogP contribution < -0.4 is 0 Å². The minimum absolute atomic E-state index is 0.326. The van der Waals surface area contributed by atoms with Crippen LogP contribution in [0, 0.1) is 16.7 Å². The van der Waals surface area contributed by atoms with E-state index in [1.807, 2.05) is 0 Å². The Balaban J connectivity index is 1.98. The smallest absolute Gasteiger partial charge is 0.102 e. The van der Waals surface area contributed by atoms with E-state index < -0.39 is 0 Å².